The Morgan fingerprint density at radius 1 is 1.07 bits per heavy atom. The van der Waals surface area contributed by atoms with Crippen LogP contribution in [-0.2, 0) is 19.5 Å². The molecular formula is C24H24N4S. The molecule has 4 heterocycles. The number of rotatable bonds is 4. The first kappa shape index (κ1) is 18.3. The van der Waals surface area contributed by atoms with Crippen LogP contribution in [0.3, 0.4) is 0 Å². The normalized spacial score (nSPS) is 14.1. The number of fused-ring (bicyclic) bond motifs is 1. The molecule has 0 saturated heterocycles. The van der Waals surface area contributed by atoms with Crippen LogP contribution in [0.4, 0.5) is 0 Å². The van der Waals surface area contributed by atoms with Crippen LogP contribution in [0.15, 0.2) is 60.1 Å². The third kappa shape index (κ3) is 3.52. The first-order valence-corrected chi connectivity index (χ1v) is 10.9. The minimum Gasteiger partial charge on any atom is -0.318 e. The molecular weight excluding hydrogens is 376 g/mol. The number of aryl methyl sites for hydroxylation is 1. The van der Waals surface area contributed by atoms with Crippen molar-refractivity contribution in [2.45, 2.75) is 33.4 Å². The van der Waals surface area contributed by atoms with Crippen molar-refractivity contribution < 1.29 is 0 Å². The molecule has 1 aliphatic heterocycles. The summed E-state index contributed by atoms with van der Waals surface area (Å²) in [5.41, 5.74) is 7.69. The Morgan fingerprint density at radius 3 is 2.72 bits per heavy atom. The summed E-state index contributed by atoms with van der Waals surface area (Å²) in [6, 6.07) is 17.1. The lowest BCUT2D eigenvalue weighted by molar-refractivity contribution is 0.242. The quantitative estimate of drug-likeness (QED) is 0.474. The average molecular weight is 401 g/mol. The Balaban J connectivity index is 1.36. The van der Waals surface area contributed by atoms with Crippen molar-refractivity contribution in [2.75, 3.05) is 6.54 Å². The summed E-state index contributed by atoms with van der Waals surface area (Å²) < 4.78 is 2.35. The number of hydrogen-bond donors (Lipinski definition) is 0. The zero-order valence-corrected chi connectivity index (χ0v) is 17.6. The van der Waals surface area contributed by atoms with Crippen molar-refractivity contribution in [3.63, 3.8) is 0 Å². The number of nitrogens with zero attached hydrogens (tertiary/aromatic N) is 4. The average Bonchev–Trinajstić information content (AvgIpc) is 3.37. The van der Waals surface area contributed by atoms with Gasteiger partial charge in [-0.05, 0) is 49.1 Å². The number of thiophene rings is 1. The fraction of sp³-hybridized carbons (Fsp3) is 0.250. The van der Waals surface area contributed by atoms with E-state index in [0.29, 0.717) is 0 Å². The first-order valence-electron chi connectivity index (χ1n) is 10.0. The molecule has 29 heavy (non-hydrogen) atoms. The molecule has 5 heteroatoms. The zero-order chi connectivity index (χ0) is 19.8. The van der Waals surface area contributed by atoms with Crippen molar-refractivity contribution >= 4 is 11.3 Å². The summed E-state index contributed by atoms with van der Waals surface area (Å²) >= 11 is 1.69. The summed E-state index contributed by atoms with van der Waals surface area (Å²) in [5, 5.41) is 2.08. The fourth-order valence-electron chi connectivity index (χ4n) is 4.24. The van der Waals surface area contributed by atoms with Gasteiger partial charge >= 0.3 is 0 Å². The molecule has 4 nitrogen and oxygen atoms in total. The van der Waals surface area contributed by atoms with Gasteiger partial charge in [0.2, 0.25) is 0 Å². The predicted octanol–water partition coefficient (Wildman–Crippen LogP) is 5.17. The van der Waals surface area contributed by atoms with E-state index in [0.717, 1.165) is 36.8 Å². The molecule has 0 saturated carbocycles. The number of benzene rings is 1. The van der Waals surface area contributed by atoms with Crippen molar-refractivity contribution in [1.82, 2.24) is 19.4 Å². The molecule has 0 unspecified atom stereocenters. The van der Waals surface area contributed by atoms with Crippen molar-refractivity contribution in [1.29, 1.82) is 0 Å². The standard InChI is InChI=1S/C24H24N4S/c1-17-13-19(18(2)28(17)21-7-4-3-5-8-21)15-27-11-10-22-20(16-27)14-25-24(26-22)23-9-6-12-29-23/h3-9,12-14H,10-11,15-16H2,1-2H3. The number of aromatic nitrogens is 3. The minimum absolute atomic E-state index is 0.860. The van der Waals surface area contributed by atoms with Crippen LogP contribution in [-0.4, -0.2) is 26.0 Å². The summed E-state index contributed by atoms with van der Waals surface area (Å²) in [6.07, 6.45) is 3.00. The van der Waals surface area contributed by atoms with Crippen molar-refractivity contribution in [3.8, 4) is 16.4 Å². The largest absolute Gasteiger partial charge is 0.318 e. The van der Waals surface area contributed by atoms with Gasteiger partial charge in [0.05, 0.1) is 10.6 Å². The van der Waals surface area contributed by atoms with Crippen molar-refractivity contribution in [3.05, 3.63) is 88.3 Å². The molecule has 146 valence electrons. The van der Waals surface area contributed by atoms with E-state index in [2.05, 4.69) is 82.2 Å². The highest BCUT2D eigenvalue weighted by molar-refractivity contribution is 7.13. The second-order valence-electron chi connectivity index (χ2n) is 7.67. The van der Waals surface area contributed by atoms with Gasteiger partial charge in [0.25, 0.3) is 0 Å². The topological polar surface area (TPSA) is 34.0 Å². The smallest absolute Gasteiger partial charge is 0.169 e. The summed E-state index contributed by atoms with van der Waals surface area (Å²) in [5.74, 6) is 0.860. The molecule has 0 spiro atoms. The van der Waals surface area contributed by atoms with E-state index in [4.69, 9.17) is 4.98 Å². The van der Waals surface area contributed by atoms with Gasteiger partial charge in [0.1, 0.15) is 0 Å². The summed E-state index contributed by atoms with van der Waals surface area (Å²) in [6.45, 7) is 7.31. The predicted molar refractivity (Wildman–Crippen MR) is 118 cm³/mol. The van der Waals surface area contributed by atoms with Crippen LogP contribution in [0.25, 0.3) is 16.4 Å². The molecule has 0 radical (unpaired) electrons. The Morgan fingerprint density at radius 2 is 1.93 bits per heavy atom. The van der Waals surface area contributed by atoms with Crippen LogP contribution < -0.4 is 0 Å². The van der Waals surface area contributed by atoms with E-state index in [1.54, 1.807) is 11.3 Å². The van der Waals surface area contributed by atoms with Crippen LogP contribution in [0.5, 0.6) is 0 Å². The molecule has 0 bridgehead atoms. The highest BCUT2D eigenvalue weighted by Gasteiger charge is 2.21. The third-order valence-corrected chi connectivity index (χ3v) is 6.56. The monoisotopic (exact) mass is 400 g/mol. The van der Waals surface area contributed by atoms with Gasteiger partial charge in [-0.2, -0.15) is 0 Å². The molecule has 3 aromatic heterocycles. The molecule has 5 rings (SSSR count). The minimum atomic E-state index is 0.860. The van der Waals surface area contributed by atoms with E-state index in [1.165, 1.54) is 33.9 Å². The molecule has 0 amide bonds. The third-order valence-electron chi connectivity index (χ3n) is 5.70. The Labute approximate surface area is 175 Å². The molecule has 0 atom stereocenters. The van der Waals surface area contributed by atoms with Gasteiger partial charge in [0, 0.05) is 54.9 Å². The van der Waals surface area contributed by atoms with Gasteiger partial charge in [-0.1, -0.05) is 24.3 Å². The van der Waals surface area contributed by atoms with Gasteiger partial charge in [-0.25, -0.2) is 9.97 Å². The second-order valence-corrected chi connectivity index (χ2v) is 8.62. The van der Waals surface area contributed by atoms with Crippen LogP contribution in [0, 0.1) is 13.8 Å². The van der Waals surface area contributed by atoms with Crippen LogP contribution >= 0.6 is 11.3 Å². The summed E-state index contributed by atoms with van der Waals surface area (Å²) in [4.78, 5) is 13.1. The Bertz CT molecular complexity index is 1130. The maximum Gasteiger partial charge on any atom is 0.169 e. The van der Waals surface area contributed by atoms with E-state index < -0.39 is 0 Å². The first-order chi connectivity index (χ1) is 14.2. The molecule has 0 aliphatic carbocycles. The molecule has 0 fully saturated rings. The lowest BCUT2D eigenvalue weighted by atomic mass is 10.1. The SMILES string of the molecule is Cc1cc(CN2CCc3nc(-c4cccs4)ncc3C2)c(C)n1-c1ccccc1. The van der Waals surface area contributed by atoms with E-state index in [1.807, 2.05) is 6.20 Å². The molecule has 0 N–H and O–H groups in total. The Kier molecular flexibility index (Phi) is 4.78. The van der Waals surface area contributed by atoms with Crippen LogP contribution in [0.1, 0.15) is 28.2 Å². The highest BCUT2D eigenvalue weighted by atomic mass is 32.1. The maximum atomic E-state index is 4.84. The zero-order valence-electron chi connectivity index (χ0n) is 16.8. The lowest BCUT2D eigenvalue weighted by Gasteiger charge is -2.28. The van der Waals surface area contributed by atoms with Crippen molar-refractivity contribution in [2.24, 2.45) is 0 Å². The lowest BCUT2D eigenvalue weighted by Crippen LogP contribution is -2.31. The van der Waals surface area contributed by atoms with Gasteiger partial charge < -0.3 is 4.57 Å². The van der Waals surface area contributed by atoms with E-state index >= 15 is 0 Å². The van der Waals surface area contributed by atoms with Gasteiger partial charge in [-0.3, -0.25) is 4.90 Å². The van der Waals surface area contributed by atoms with E-state index in [-0.39, 0.29) is 0 Å². The van der Waals surface area contributed by atoms with Gasteiger partial charge in [0.15, 0.2) is 5.82 Å². The number of para-hydroxylation sites is 1. The highest BCUT2D eigenvalue weighted by Crippen LogP contribution is 2.26. The fourth-order valence-corrected chi connectivity index (χ4v) is 4.90. The van der Waals surface area contributed by atoms with Crippen LogP contribution in [0.2, 0.25) is 0 Å². The number of hydrogen-bond acceptors (Lipinski definition) is 4. The van der Waals surface area contributed by atoms with E-state index in [9.17, 15) is 0 Å². The molecule has 1 aromatic carbocycles. The molecule has 1 aliphatic rings. The second kappa shape index (κ2) is 7.58. The maximum absolute atomic E-state index is 4.84. The summed E-state index contributed by atoms with van der Waals surface area (Å²) in [7, 11) is 0. The van der Waals surface area contributed by atoms with Gasteiger partial charge in [-0.15, -0.1) is 11.3 Å². The Hall–Kier alpha value is -2.76. The molecule has 4 aromatic rings.